The van der Waals surface area contributed by atoms with Crippen LogP contribution < -0.4 is 4.74 Å². The van der Waals surface area contributed by atoms with E-state index in [1.54, 1.807) is 0 Å². The molecule has 1 fully saturated rings. The van der Waals surface area contributed by atoms with E-state index >= 15 is 0 Å². The molecule has 1 aromatic carbocycles. The van der Waals surface area contributed by atoms with Crippen LogP contribution in [0.3, 0.4) is 0 Å². The molecule has 0 aromatic heterocycles. The molecule has 1 heterocycles. The van der Waals surface area contributed by atoms with E-state index in [0.717, 1.165) is 32.0 Å². The second-order valence-electron chi connectivity index (χ2n) is 5.59. The van der Waals surface area contributed by atoms with Crippen molar-refractivity contribution in [2.24, 2.45) is 0 Å². The maximum Gasteiger partial charge on any atom is 0.122 e. The van der Waals surface area contributed by atoms with E-state index < -0.39 is 0 Å². The van der Waals surface area contributed by atoms with Gasteiger partial charge in [-0.1, -0.05) is 18.2 Å². The Hall–Kier alpha value is -1.06. The largest absolute Gasteiger partial charge is 0.492 e. The third-order valence-electron chi connectivity index (χ3n) is 3.90. The summed E-state index contributed by atoms with van der Waals surface area (Å²) in [5.41, 5.74) is 1.21. The van der Waals surface area contributed by atoms with Gasteiger partial charge in [-0.25, -0.2) is 0 Å². The Morgan fingerprint density at radius 1 is 1.11 bits per heavy atom. The summed E-state index contributed by atoms with van der Waals surface area (Å²) in [5, 5.41) is 0. The van der Waals surface area contributed by atoms with E-state index in [1.807, 2.05) is 18.2 Å². The van der Waals surface area contributed by atoms with Gasteiger partial charge in [0.1, 0.15) is 12.4 Å². The van der Waals surface area contributed by atoms with Gasteiger partial charge >= 0.3 is 0 Å². The van der Waals surface area contributed by atoms with Gasteiger partial charge in [0.2, 0.25) is 0 Å². The van der Waals surface area contributed by atoms with Crippen molar-refractivity contribution in [2.75, 3.05) is 39.3 Å². The number of piperazine rings is 1. The van der Waals surface area contributed by atoms with E-state index in [4.69, 9.17) is 4.74 Å². The van der Waals surface area contributed by atoms with E-state index in [1.165, 1.54) is 18.7 Å². The molecule has 1 saturated heterocycles. The minimum Gasteiger partial charge on any atom is -0.492 e. The fourth-order valence-corrected chi connectivity index (χ4v) is 2.51. The molecule has 0 spiro atoms. The van der Waals surface area contributed by atoms with Crippen LogP contribution in [0.5, 0.6) is 5.75 Å². The van der Waals surface area contributed by atoms with Crippen molar-refractivity contribution >= 4 is 0 Å². The predicted octanol–water partition coefficient (Wildman–Crippen LogP) is 2.40. The molecule has 3 nitrogen and oxygen atoms in total. The second kappa shape index (κ2) is 6.92. The zero-order valence-electron chi connectivity index (χ0n) is 12.4. The molecule has 0 radical (unpaired) electrons. The fraction of sp³-hybridized carbons (Fsp3) is 0.625. The summed E-state index contributed by atoms with van der Waals surface area (Å²) < 4.78 is 5.86. The summed E-state index contributed by atoms with van der Waals surface area (Å²) in [4.78, 5) is 5.04. The number of aryl methyl sites for hydroxylation is 1. The number of hydrogen-bond donors (Lipinski definition) is 0. The van der Waals surface area contributed by atoms with Crippen molar-refractivity contribution in [1.29, 1.82) is 0 Å². The Balaban J connectivity index is 1.69. The molecule has 1 aromatic rings. The van der Waals surface area contributed by atoms with Gasteiger partial charge in [0.25, 0.3) is 0 Å². The van der Waals surface area contributed by atoms with Gasteiger partial charge in [-0.3, -0.25) is 9.80 Å². The van der Waals surface area contributed by atoms with Crippen LogP contribution in [0.15, 0.2) is 24.3 Å². The first-order chi connectivity index (χ1) is 9.16. The molecule has 0 bridgehead atoms. The Labute approximate surface area is 117 Å². The van der Waals surface area contributed by atoms with Crippen LogP contribution in [0.4, 0.5) is 0 Å². The fourth-order valence-electron chi connectivity index (χ4n) is 2.51. The van der Waals surface area contributed by atoms with E-state index in [-0.39, 0.29) is 0 Å². The van der Waals surface area contributed by atoms with Crippen LogP contribution in [-0.2, 0) is 0 Å². The lowest BCUT2D eigenvalue weighted by atomic mass is 10.2. The molecule has 19 heavy (non-hydrogen) atoms. The highest BCUT2D eigenvalue weighted by molar-refractivity contribution is 5.31. The van der Waals surface area contributed by atoms with Crippen LogP contribution in [0, 0.1) is 6.92 Å². The summed E-state index contributed by atoms with van der Waals surface area (Å²) in [5.74, 6) is 1.02. The van der Waals surface area contributed by atoms with Gasteiger partial charge < -0.3 is 4.74 Å². The monoisotopic (exact) mass is 262 g/mol. The molecular weight excluding hydrogens is 236 g/mol. The number of hydrogen-bond acceptors (Lipinski definition) is 3. The Morgan fingerprint density at radius 2 is 1.79 bits per heavy atom. The topological polar surface area (TPSA) is 15.7 Å². The van der Waals surface area contributed by atoms with E-state index in [0.29, 0.717) is 6.04 Å². The molecule has 0 saturated carbocycles. The van der Waals surface area contributed by atoms with Crippen LogP contribution in [0.1, 0.15) is 19.4 Å². The summed E-state index contributed by atoms with van der Waals surface area (Å²) in [6.07, 6.45) is 0. The smallest absolute Gasteiger partial charge is 0.122 e. The first kappa shape index (κ1) is 14.4. The lowest BCUT2D eigenvalue weighted by Crippen LogP contribution is -2.49. The molecular formula is C16H26N2O. The van der Waals surface area contributed by atoms with Gasteiger partial charge in [0.15, 0.2) is 0 Å². The Morgan fingerprint density at radius 3 is 2.42 bits per heavy atom. The van der Waals surface area contributed by atoms with Gasteiger partial charge in [0, 0.05) is 38.8 Å². The zero-order valence-corrected chi connectivity index (χ0v) is 12.4. The highest BCUT2D eigenvalue weighted by Gasteiger charge is 2.18. The third kappa shape index (κ3) is 4.22. The minimum absolute atomic E-state index is 0.672. The first-order valence-corrected chi connectivity index (χ1v) is 7.31. The molecule has 0 atom stereocenters. The molecule has 2 rings (SSSR count). The van der Waals surface area contributed by atoms with Crippen LogP contribution in [0.2, 0.25) is 0 Å². The van der Waals surface area contributed by atoms with Crippen molar-refractivity contribution in [3.63, 3.8) is 0 Å². The number of rotatable bonds is 5. The van der Waals surface area contributed by atoms with E-state index in [2.05, 4.69) is 36.6 Å². The quantitative estimate of drug-likeness (QED) is 0.810. The highest BCUT2D eigenvalue weighted by Crippen LogP contribution is 2.16. The predicted molar refractivity (Wildman–Crippen MR) is 79.8 cm³/mol. The molecule has 1 aliphatic rings. The van der Waals surface area contributed by atoms with Gasteiger partial charge in [0.05, 0.1) is 0 Å². The van der Waals surface area contributed by atoms with Gasteiger partial charge in [-0.15, -0.1) is 0 Å². The Kier molecular flexibility index (Phi) is 5.23. The summed E-state index contributed by atoms with van der Waals surface area (Å²) in [7, 11) is 0. The number of benzene rings is 1. The van der Waals surface area contributed by atoms with Gasteiger partial charge in [-0.05, 0) is 32.4 Å². The third-order valence-corrected chi connectivity index (χ3v) is 3.90. The van der Waals surface area contributed by atoms with Crippen LogP contribution >= 0.6 is 0 Å². The van der Waals surface area contributed by atoms with E-state index in [9.17, 15) is 0 Å². The minimum atomic E-state index is 0.672. The van der Waals surface area contributed by atoms with Crippen molar-refractivity contribution < 1.29 is 4.74 Å². The number of nitrogens with zero attached hydrogens (tertiary/aromatic N) is 2. The molecule has 1 aliphatic heterocycles. The molecule has 0 N–H and O–H groups in total. The summed E-state index contributed by atoms with van der Waals surface area (Å²) in [6.45, 7) is 13.1. The number of ether oxygens (including phenoxy) is 1. The molecule has 0 aliphatic carbocycles. The lowest BCUT2D eigenvalue weighted by molar-refractivity contribution is 0.0970. The average Bonchev–Trinajstić information content (AvgIpc) is 2.41. The van der Waals surface area contributed by atoms with Crippen molar-refractivity contribution in [1.82, 2.24) is 9.80 Å². The number of para-hydroxylation sites is 1. The molecule has 0 unspecified atom stereocenters. The van der Waals surface area contributed by atoms with Crippen LogP contribution in [0.25, 0.3) is 0 Å². The van der Waals surface area contributed by atoms with Crippen molar-refractivity contribution in [3.05, 3.63) is 29.8 Å². The average molecular weight is 262 g/mol. The van der Waals surface area contributed by atoms with Crippen LogP contribution in [-0.4, -0.2) is 55.2 Å². The van der Waals surface area contributed by atoms with Crippen molar-refractivity contribution in [3.8, 4) is 5.75 Å². The highest BCUT2D eigenvalue weighted by atomic mass is 16.5. The second-order valence-corrected chi connectivity index (χ2v) is 5.59. The first-order valence-electron chi connectivity index (χ1n) is 7.31. The summed E-state index contributed by atoms with van der Waals surface area (Å²) in [6, 6.07) is 8.89. The van der Waals surface area contributed by atoms with Crippen molar-refractivity contribution in [2.45, 2.75) is 26.8 Å². The van der Waals surface area contributed by atoms with Gasteiger partial charge in [-0.2, -0.15) is 0 Å². The SMILES string of the molecule is Cc1ccccc1OCCN1CCN(C(C)C)CC1. The zero-order chi connectivity index (χ0) is 13.7. The lowest BCUT2D eigenvalue weighted by Gasteiger charge is -2.36. The standard InChI is InChI=1S/C16H26N2O/c1-14(2)18-10-8-17(9-11-18)12-13-19-16-7-5-4-6-15(16)3/h4-7,14H,8-13H2,1-3H3. The summed E-state index contributed by atoms with van der Waals surface area (Å²) >= 11 is 0. The normalized spacial score (nSPS) is 17.9. The maximum absolute atomic E-state index is 5.86. The Bertz CT molecular complexity index is 384. The molecule has 3 heteroatoms. The molecule has 106 valence electrons. The maximum atomic E-state index is 5.86. The molecule has 0 amide bonds.